The van der Waals surface area contributed by atoms with Gasteiger partial charge in [0.15, 0.2) is 16.8 Å². The van der Waals surface area contributed by atoms with E-state index in [1.807, 2.05) is 16.7 Å². The van der Waals surface area contributed by atoms with Gasteiger partial charge in [0.2, 0.25) is 5.91 Å². The Morgan fingerprint density at radius 3 is 2.78 bits per heavy atom. The highest BCUT2D eigenvalue weighted by molar-refractivity contribution is 8.00. The maximum atomic E-state index is 12.4. The summed E-state index contributed by atoms with van der Waals surface area (Å²) in [5.74, 6) is 1.51. The second kappa shape index (κ2) is 8.41. The fraction of sp³-hybridized carbons (Fsp3) is 0.222. The number of hydrogen-bond acceptors (Lipinski definition) is 6. The fourth-order valence-electron chi connectivity index (χ4n) is 2.35. The Morgan fingerprint density at radius 2 is 2.15 bits per heavy atom. The molecule has 2 aromatic heterocycles. The van der Waals surface area contributed by atoms with Crippen molar-refractivity contribution in [3.05, 3.63) is 53.8 Å². The molecule has 3 aromatic rings. The van der Waals surface area contributed by atoms with Gasteiger partial charge in [-0.05, 0) is 38.1 Å². The van der Waals surface area contributed by atoms with E-state index in [4.69, 9.17) is 16.1 Å². The van der Waals surface area contributed by atoms with Crippen molar-refractivity contribution in [2.24, 2.45) is 0 Å². The normalized spacial score (nSPS) is 12.0. The summed E-state index contributed by atoms with van der Waals surface area (Å²) >= 11 is 7.27. The number of rotatable bonds is 7. The van der Waals surface area contributed by atoms with Crippen LogP contribution in [0, 0.1) is 6.92 Å². The summed E-state index contributed by atoms with van der Waals surface area (Å²) in [7, 11) is 0. The first-order valence-corrected chi connectivity index (χ1v) is 9.44. The molecule has 7 nitrogen and oxygen atoms in total. The minimum atomic E-state index is -0.409. The number of benzene rings is 1. The zero-order valence-electron chi connectivity index (χ0n) is 14.8. The Bertz CT molecular complexity index is 951. The lowest BCUT2D eigenvalue weighted by Gasteiger charge is -2.12. The third kappa shape index (κ3) is 4.58. The number of hydrogen-bond donors (Lipinski definition) is 1. The Morgan fingerprint density at radius 1 is 1.41 bits per heavy atom. The zero-order chi connectivity index (χ0) is 19.4. The lowest BCUT2D eigenvalue weighted by molar-refractivity contribution is -0.115. The van der Waals surface area contributed by atoms with Gasteiger partial charge in [-0.25, -0.2) is 0 Å². The molecule has 0 fully saturated rings. The largest absolute Gasteiger partial charge is 0.360 e. The number of carbonyl (C=O) groups is 1. The molecule has 0 bridgehead atoms. The van der Waals surface area contributed by atoms with Crippen LogP contribution in [0.5, 0.6) is 0 Å². The third-order valence-electron chi connectivity index (χ3n) is 3.66. The van der Waals surface area contributed by atoms with Gasteiger partial charge >= 0.3 is 0 Å². The van der Waals surface area contributed by atoms with Gasteiger partial charge in [0, 0.05) is 23.2 Å². The zero-order valence-corrected chi connectivity index (χ0v) is 16.4. The van der Waals surface area contributed by atoms with Crippen LogP contribution < -0.4 is 5.32 Å². The monoisotopic (exact) mass is 403 g/mol. The molecule has 0 saturated heterocycles. The van der Waals surface area contributed by atoms with Crippen LogP contribution in [0.1, 0.15) is 12.7 Å². The molecule has 0 aliphatic carbocycles. The predicted molar refractivity (Wildman–Crippen MR) is 106 cm³/mol. The molecule has 1 atom stereocenters. The van der Waals surface area contributed by atoms with Gasteiger partial charge in [-0.15, -0.1) is 16.8 Å². The number of amides is 1. The molecule has 1 aromatic carbocycles. The smallest absolute Gasteiger partial charge is 0.238 e. The first-order valence-electron chi connectivity index (χ1n) is 8.19. The second-order valence-corrected chi connectivity index (χ2v) is 7.53. The average molecular weight is 404 g/mol. The van der Waals surface area contributed by atoms with E-state index in [-0.39, 0.29) is 5.91 Å². The molecule has 0 aliphatic heterocycles. The minimum absolute atomic E-state index is 0.200. The van der Waals surface area contributed by atoms with Gasteiger partial charge in [0.25, 0.3) is 0 Å². The number of nitrogens with zero attached hydrogens (tertiary/aromatic N) is 4. The summed E-state index contributed by atoms with van der Waals surface area (Å²) in [4.78, 5) is 12.4. The SMILES string of the molecule is C=CCn1c(S[C@H](C)C(=O)Nc2cc(C)on2)nnc1-c1ccc(Cl)cc1. The van der Waals surface area contributed by atoms with Crippen LogP contribution in [0.15, 0.2) is 52.7 Å². The van der Waals surface area contributed by atoms with Gasteiger partial charge in [-0.1, -0.05) is 34.6 Å². The lowest BCUT2D eigenvalue weighted by Crippen LogP contribution is -2.23. The second-order valence-electron chi connectivity index (χ2n) is 5.78. The molecule has 9 heteroatoms. The van der Waals surface area contributed by atoms with Crippen LogP contribution in [-0.4, -0.2) is 31.1 Å². The Kier molecular flexibility index (Phi) is 5.98. The van der Waals surface area contributed by atoms with Gasteiger partial charge in [0.05, 0.1) is 5.25 Å². The summed E-state index contributed by atoms with van der Waals surface area (Å²) in [6.45, 7) is 7.87. The summed E-state index contributed by atoms with van der Waals surface area (Å²) in [6, 6.07) is 9.01. The molecule has 2 heterocycles. The molecule has 27 heavy (non-hydrogen) atoms. The Balaban J connectivity index is 1.78. The first-order chi connectivity index (χ1) is 13.0. The minimum Gasteiger partial charge on any atom is -0.360 e. The number of allylic oxidation sites excluding steroid dienone is 1. The molecule has 0 aliphatic rings. The maximum absolute atomic E-state index is 12.4. The van der Waals surface area contributed by atoms with Crippen molar-refractivity contribution in [2.45, 2.75) is 30.8 Å². The van der Waals surface area contributed by atoms with Crippen molar-refractivity contribution >= 4 is 35.1 Å². The molecular weight excluding hydrogens is 386 g/mol. The molecule has 0 spiro atoms. The van der Waals surface area contributed by atoms with E-state index >= 15 is 0 Å². The van der Waals surface area contributed by atoms with E-state index in [2.05, 4.69) is 27.2 Å². The predicted octanol–water partition coefficient (Wildman–Crippen LogP) is 4.20. The van der Waals surface area contributed by atoms with Crippen LogP contribution in [-0.2, 0) is 11.3 Å². The highest BCUT2D eigenvalue weighted by atomic mass is 35.5. The highest BCUT2D eigenvalue weighted by Crippen LogP contribution is 2.28. The van der Waals surface area contributed by atoms with Crippen molar-refractivity contribution in [1.29, 1.82) is 0 Å². The number of thioether (sulfide) groups is 1. The molecule has 140 valence electrons. The van der Waals surface area contributed by atoms with Crippen molar-refractivity contribution in [3.8, 4) is 11.4 Å². The number of nitrogens with one attached hydrogen (secondary N) is 1. The standard InChI is InChI=1S/C18H18ClN5O2S/c1-4-9-24-16(13-5-7-14(19)8-6-13)21-22-18(24)27-12(3)17(25)20-15-10-11(2)26-23-15/h4-8,10,12H,1,9H2,2-3H3,(H,20,23,25)/t12-/m1/s1. The number of aromatic nitrogens is 4. The summed E-state index contributed by atoms with van der Waals surface area (Å²) in [6.07, 6.45) is 1.76. The van der Waals surface area contributed by atoms with E-state index in [0.717, 1.165) is 5.56 Å². The average Bonchev–Trinajstić information content (AvgIpc) is 3.22. The maximum Gasteiger partial charge on any atom is 0.238 e. The summed E-state index contributed by atoms with van der Waals surface area (Å²) in [5.41, 5.74) is 0.885. The fourth-order valence-corrected chi connectivity index (χ4v) is 3.33. The molecule has 0 radical (unpaired) electrons. The first kappa shape index (κ1) is 19.2. The van der Waals surface area contributed by atoms with Crippen LogP contribution in [0.4, 0.5) is 5.82 Å². The van der Waals surface area contributed by atoms with E-state index in [1.54, 1.807) is 38.1 Å². The molecule has 1 N–H and O–H groups in total. The van der Waals surface area contributed by atoms with Crippen LogP contribution in [0.25, 0.3) is 11.4 Å². The van der Waals surface area contributed by atoms with Gasteiger partial charge in [-0.3, -0.25) is 9.36 Å². The van der Waals surface area contributed by atoms with Crippen LogP contribution in [0.3, 0.4) is 0 Å². The van der Waals surface area contributed by atoms with E-state index in [1.165, 1.54) is 11.8 Å². The lowest BCUT2D eigenvalue weighted by atomic mass is 10.2. The van der Waals surface area contributed by atoms with Crippen LogP contribution in [0.2, 0.25) is 5.02 Å². The van der Waals surface area contributed by atoms with E-state index < -0.39 is 5.25 Å². The van der Waals surface area contributed by atoms with E-state index in [0.29, 0.717) is 34.1 Å². The number of halogens is 1. The number of aryl methyl sites for hydroxylation is 1. The Hall–Kier alpha value is -2.58. The summed E-state index contributed by atoms with van der Waals surface area (Å²) < 4.78 is 6.86. The van der Waals surface area contributed by atoms with Gasteiger partial charge in [-0.2, -0.15) is 0 Å². The third-order valence-corrected chi connectivity index (χ3v) is 4.99. The van der Waals surface area contributed by atoms with Crippen molar-refractivity contribution in [2.75, 3.05) is 5.32 Å². The molecular formula is C18H18ClN5O2S. The van der Waals surface area contributed by atoms with Crippen molar-refractivity contribution < 1.29 is 9.32 Å². The molecule has 3 rings (SSSR count). The van der Waals surface area contributed by atoms with Gasteiger partial charge in [0.1, 0.15) is 5.76 Å². The molecule has 1 amide bonds. The van der Waals surface area contributed by atoms with Crippen molar-refractivity contribution in [1.82, 2.24) is 19.9 Å². The van der Waals surface area contributed by atoms with E-state index in [9.17, 15) is 4.79 Å². The number of carbonyl (C=O) groups excluding carboxylic acids is 1. The van der Waals surface area contributed by atoms with Crippen molar-refractivity contribution in [3.63, 3.8) is 0 Å². The molecule has 0 saturated carbocycles. The highest BCUT2D eigenvalue weighted by Gasteiger charge is 2.21. The van der Waals surface area contributed by atoms with Crippen LogP contribution >= 0.6 is 23.4 Å². The quantitative estimate of drug-likeness (QED) is 0.470. The van der Waals surface area contributed by atoms with Gasteiger partial charge < -0.3 is 9.84 Å². The number of anilines is 1. The summed E-state index contributed by atoms with van der Waals surface area (Å²) in [5, 5.41) is 15.9. The molecule has 0 unspecified atom stereocenters. The topological polar surface area (TPSA) is 85.8 Å². The Labute approximate surface area is 165 Å².